The van der Waals surface area contributed by atoms with Gasteiger partial charge in [-0.15, -0.1) is 0 Å². The number of carbonyl (C=O) groups is 1. The quantitative estimate of drug-likeness (QED) is 0.790. The van der Waals surface area contributed by atoms with E-state index in [1.807, 2.05) is 18.2 Å². The number of hydrogen-bond acceptors (Lipinski definition) is 3. The summed E-state index contributed by atoms with van der Waals surface area (Å²) in [7, 11) is 0. The topological polar surface area (TPSA) is 38.3 Å². The predicted molar refractivity (Wildman–Crippen MR) is 62.3 cm³/mol. The maximum atomic E-state index is 10.6. The monoisotopic (exact) mass is 218 g/mol. The van der Waals surface area contributed by atoms with Crippen LogP contribution in [0.2, 0.25) is 0 Å². The third-order valence-electron chi connectivity index (χ3n) is 2.84. The van der Waals surface area contributed by atoms with Gasteiger partial charge in [0.2, 0.25) is 0 Å². The first-order valence-corrected chi connectivity index (χ1v) is 5.64. The molecule has 1 heterocycles. The third-order valence-corrected chi connectivity index (χ3v) is 2.84. The van der Waals surface area contributed by atoms with Crippen molar-refractivity contribution in [2.45, 2.75) is 32.2 Å². The largest absolute Gasteiger partial charge is 0.466 e. The molecule has 16 heavy (non-hydrogen) atoms. The number of aryl methyl sites for hydroxylation is 1. The summed E-state index contributed by atoms with van der Waals surface area (Å²) in [5, 5.41) is 3.46. The van der Waals surface area contributed by atoms with Crippen LogP contribution in [0.5, 0.6) is 0 Å². The van der Waals surface area contributed by atoms with Crippen molar-refractivity contribution in [1.82, 2.24) is 0 Å². The second-order valence-electron chi connectivity index (χ2n) is 4.09. The van der Waals surface area contributed by atoms with Crippen molar-refractivity contribution in [3.63, 3.8) is 0 Å². The second-order valence-corrected chi connectivity index (χ2v) is 4.09. The summed E-state index contributed by atoms with van der Waals surface area (Å²) in [6.45, 7) is 1.95. The molecular weight excluding hydrogens is 202 g/mol. The number of benzene rings is 1. The number of carbonyl (C=O) groups excluding carboxylic acids is 1. The van der Waals surface area contributed by atoms with Gasteiger partial charge in [0.15, 0.2) is 0 Å². The Balaban J connectivity index is 1.86. The van der Waals surface area contributed by atoms with Gasteiger partial charge in [-0.1, -0.05) is 6.07 Å². The molecule has 1 unspecified atom stereocenters. The molecule has 1 N–H and O–H groups in total. The van der Waals surface area contributed by atoms with Crippen molar-refractivity contribution >= 4 is 11.7 Å². The van der Waals surface area contributed by atoms with Crippen LogP contribution in [-0.4, -0.2) is 18.6 Å². The maximum absolute atomic E-state index is 10.6. The fourth-order valence-corrected chi connectivity index (χ4v) is 2.00. The lowest BCUT2D eigenvalue weighted by molar-refractivity contribution is -0.141. The molecule has 0 amide bonds. The molecule has 0 fully saturated rings. The first kappa shape index (κ1) is 11.0. The minimum atomic E-state index is -0.203. The van der Waals surface area contributed by atoms with E-state index in [-0.39, 0.29) is 5.97 Å². The molecule has 0 saturated carbocycles. The molecule has 0 saturated heterocycles. The first-order chi connectivity index (χ1) is 7.75. The van der Waals surface area contributed by atoms with Crippen LogP contribution in [-0.2, 0) is 16.0 Å². The Labute approximate surface area is 95.8 Å². The zero-order chi connectivity index (χ0) is 11.4. The van der Waals surface area contributed by atoms with Crippen molar-refractivity contribution in [1.29, 1.82) is 0 Å². The molecule has 0 spiro atoms. The molecule has 1 atom stereocenters. The molecule has 1 aromatic carbocycles. The molecule has 0 aromatic heterocycles. The number of hydrogen-bond donors (Lipinski definition) is 1. The molecule has 85 valence electrons. The van der Waals surface area contributed by atoms with E-state index in [0.717, 1.165) is 19.3 Å². The van der Waals surface area contributed by atoms with Crippen LogP contribution < -0.4 is 5.32 Å². The number of anilines is 1. The molecule has 3 nitrogen and oxygen atoms in total. The molecule has 1 aliphatic rings. The van der Waals surface area contributed by atoms with Gasteiger partial charge in [0.1, 0.15) is 0 Å². The average molecular weight is 218 g/mol. The van der Waals surface area contributed by atoms with Gasteiger partial charge in [0, 0.05) is 25.1 Å². The Hall–Kier alpha value is -1.51. The minimum Gasteiger partial charge on any atom is -0.466 e. The average Bonchev–Trinajstić information content (AvgIpc) is 2.28. The van der Waals surface area contributed by atoms with E-state index in [9.17, 15) is 4.79 Å². The van der Waals surface area contributed by atoms with Crippen LogP contribution >= 0.6 is 0 Å². The first-order valence-electron chi connectivity index (χ1n) is 5.64. The predicted octanol–water partition coefficient (Wildman–Crippen LogP) is 2.17. The van der Waals surface area contributed by atoms with Gasteiger partial charge >= 0.3 is 5.97 Å². The smallest absolute Gasteiger partial charge is 0.302 e. The number of esters is 1. The zero-order valence-electron chi connectivity index (χ0n) is 9.45. The standard InChI is InChI=1S/C13H16NO2/c1-10(15)16-9-8-12-7-6-11-4-2-3-5-13(11)14-12/h3-5,12,14H,6-9H2,1H3. The summed E-state index contributed by atoms with van der Waals surface area (Å²) >= 11 is 0. The van der Waals surface area contributed by atoms with Gasteiger partial charge in [0.05, 0.1) is 6.61 Å². The highest BCUT2D eigenvalue weighted by atomic mass is 16.5. The van der Waals surface area contributed by atoms with Crippen LogP contribution in [0.25, 0.3) is 0 Å². The van der Waals surface area contributed by atoms with Gasteiger partial charge in [-0.25, -0.2) is 0 Å². The Kier molecular flexibility index (Phi) is 3.44. The summed E-state index contributed by atoms with van der Waals surface area (Å²) in [5.74, 6) is -0.203. The molecule has 3 heteroatoms. The Morgan fingerprint density at radius 3 is 3.38 bits per heavy atom. The second kappa shape index (κ2) is 5.01. The Morgan fingerprint density at radius 2 is 2.56 bits per heavy atom. The molecule has 1 aromatic rings. The van der Waals surface area contributed by atoms with E-state index >= 15 is 0 Å². The third kappa shape index (κ3) is 2.75. The summed E-state index contributed by atoms with van der Waals surface area (Å²) in [6, 6.07) is 9.49. The van der Waals surface area contributed by atoms with Gasteiger partial charge in [0.25, 0.3) is 0 Å². The Bertz CT molecular complexity index is 376. The molecule has 1 aliphatic heterocycles. The van der Waals surface area contributed by atoms with Gasteiger partial charge in [-0.3, -0.25) is 4.79 Å². The van der Waals surface area contributed by atoms with Crippen molar-refractivity contribution in [2.75, 3.05) is 11.9 Å². The van der Waals surface area contributed by atoms with Gasteiger partial charge < -0.3 is 10.1 Å². The van der Waals surface area contributed by atoms with Crippen LogP contribution in [0.4, 0.5) is 5.69 Å². The van der Waals surface area contributed by atoms with Crippen LogP contribution in [0.1, 0.15) is 25.3 Å². The summed E-state index contributed by atoms with van der Waals surface area (Å²) in [5.41, 5.74) is 2.52. The highest BCUT2D eigenvalue weighted by Crippen LogP contribution is 2.25. The van der Waals surface area contributed by atoms with Crippen LogP contribution in [0.3, 0.4) is 0 Å². The SMILES string of the molecule is CC(=O)OCCC1CCc2c[c]ccc2N1. The lowest BCUT2D eigenvalue weighted by Crippen LogP contribution is -2.27. The summed E-state index contributed by atoms with van der Waals surface area (Å²) in [4.78, 5) is 10.6. The van der Waals surface area contributed by atoms with E-state index in [1.165, 1.54) is 18.2 Å². The van der Waals surface area contributed by atoms with Crippen molar-refractivity contribution < 1.29 is 9.53 Å². The minimum absolute atomic E-state index is 0.203. The van der Waals surface area contributed by atoms with E-state index in [0.29, 0.717) is 12.6 Å². The lowest BCUT2D eigenvalue weighted by Gasteiger charge is -2.26. The molecule has 1 radical (unpaired) electrons. The number of ether oxygens (including phenoxy) is 1. The molecule has 0 aliphatic carbocycles. The normalized spacial score (nSPS) is 18.4. The van der Waals surface area contributed by atoms with Crippen molar-refractivity contribution in [2.24, 2.45) is 0 Å². The van der Waals surface area contributed by atoms with Gasteiger partial charge in [-0.2, -0.15) is 0 Å². The fraction of sp³-hybridized carbons (Fsp3) is 0.462. The lowest BCUT2D eigenvalue weighted by atomic mass is 9.96. The highest BCUT2D eigenvalue weighted by Gasteiger charge is 2.16. The number of rotatable bonds is 3. The zero-order valence-corrected chi connectivity index (χ0v) is 9.45. The Morgan fingerprint density at radius 1 is 1.69 bits per heavy atom. The van der Waals surface area contributed by atoms with Crippen LogP contribution in [0.15, 0.2) is 18.2 Å². The highest BCUT2D eigenvalue weighted by molar-refractivity contribution is 5.65. The summed E-state index contributed by atoms with van der Waals surface area (Å²) in [6.07, 6.45) is 3.04. The van der Waals surface area contributed by atoms with E-state index in [4.69, 9.17) is 4.74 Å². The number of nitrogens with one attached hydrogen (secondary N) is 1. The molecular formula is C13H16NO2. The maximum Gasteiger partial charge on any atom is 0.302 e. The fourth-order valence-electron chi connectivity index (χ4n) is 2.00. The van der Waals surface area contributed by atoms with E-state index in [1.54, 1.807) is 0 Å². The summed E-state index contributed by atoms with van der Waals surface area (Å²) < 4.78 is 4.95. The van der Waals surface area contributed by atoms with E-state index < -0.39 is 0 Å². The molecule has 0 bridgehead atoms. The van der Waals surface area contributed by atoms with Crippen molar-refractivity contribution in [3.8, 4) is 0 Å². The number of fused-ring (bicyclic) bond motifs is 1. The molecule has 2 rings (SSSR count). The van der Waals surface area contributed by atoms with Gasteiger partial charge in [-0.05, 0) is 36.6 Å². The van der Waals surface area contributed by atoms with Crippen LogP contribution in [0, 0.1) is 6.07 Å². The van der Waals surface area contributed by atoms with E-state index in [2.05, 4.69) is 11.4 Å². The van der Waals surface area contributed by atoms with Crippen molar-refractivity contribution in [3.05, 3.63) is 29.8 Å².